The summed E-state index contributed by atoms with van der Waals surface area (Å²) in [6.45, 7) is 4.39. The van der Waals surface area contributed by atoms with Gasteiger partial charge in [-0.3, -0.25) is 4.98 Å². The molecule has 48 heavy (non-hydrogen) atoms. The van der Waals surface area contributed by atoms with Crippen LogP contribution in [0.3, 0.4) is 0 Å². The summed E-state index contributed by atoms with van der Waals surface area (Å²) in [4.78, 5) is 14.1. The number of benzene rings is 4. The zero-order chi connectivity index (χ0) is 37.7. The second-order valence-electron chi connectivity index (χ2n) is 12.5. The number of fused-ring (bicyclic) bond motifs is 4. The summed E-state index contributed by atoms with van der Waals surface area (Å²) < 4.78 is 54.5. The standard InChI is InChI=1S/C26H18N3O.C15H18NSi.Ir/c1-16-12-14-20(24-23(16)19-10-6-7-11-22(19)30-24)25-28-21-15-13-17(2)27-26(21)29(25)18-8-4-3-5-9-18;1-12-5-7-13(8-6-12)15-10-9-14(11-16-15)17(2,3)4;/h3-13,15H,1-2H3;5-7,9-11H,1-4H3;/q2*-1;/i2*1D3;. The van der Waals surface area contributed by atoms with Crippen molar-refractivity contribution >= 4 is 46.4 Å². The molecule has 0 amide bonds. The molecule has 0 atom stereocenters. The Morgan fingerprint density at radius 1 is 0.812 bits per heavy atom. The molecule has 0 fully saturated rings. The third kappa shape index (κ3) is 6.41. The van der Waals surface area contributed by atoms with Gasteiger partial charge in [-0.15, -0.1) is 53.1 Å². The normalized spacial score (nSPS) is 13.8. The largest absolute Gasteiger partial charge is 0.501 e. The van der Waals surface area contributed by atoms with Crippen LogP contribution in [0.25, 0.3) is 61.4 Å². The summed E-state index contributed by atoms with van der Waals surface area (Å²) in [6, 6.07) is 37.9. The Labute approximate surface area is 304 Å². The maximum Gasteiger partial charge on any atom is 0.155 e. The molecule has 4 aromatic heterocycles. The predicted octanol–water partition coefficient (Wildman–Crippen LogP) is 9.80. The molecule has 0 saturated carbocycles. The van der Waals surface area contributed by atoms with Crippen LogP contribution in [0.15, 0.2) is 114 Å². The molecule has 0 aliphatic carbocycles. The van der Waals surface area contributed by atoms with E-state index in [0.717, 1.165) is 33.5 Å². The first-order valence-electron chi connectivity index (χ1n) is 18.4. The number of hydrogen-bond donors (Lipinski definition) is 0. The smallest absolute Gasteiger partial charge is 0.155 e. The number of hydrogen-bond acceptors (Lipinski definition) is 4. The van der Waals surface area contributed by atoms with E-state index in [1.165, 1.54) is 11.3 Å². The van der Waals surface area contributed by atoms with Crippen molar-refractivity contribution in [2.45, 2.75) is 40.3 Å². The maximum absolute atomic E-state index is 8.07. The van der Waals surface area contributed by atoms with Gasteiger partial charge in [0.15, 0.2) is 5.65 Å². The Kier molecular flexibility index (Phi) is 7.36. The van der Waals surface area contributed by atoms with Crippen molar-refractivity contribution in [2.75, 3.05) is 0 Å². The number of imidazole rings is 1. The Balaban J connectivity index is 0.000000205. The van der Waals surface area contributed by atoms with Crippen LogP contribution in [0, 0.1) is 32.8 Å². The van der Waals surface area contributed by atoms with E-state index in [2.05, 4.69) is 42.8 Å². The van der Waals surface area contributed by atoms with Gasteiger partial charge in [0.2, 0.25) is 0 Å². The molecular weight excluding hydrogens is 785 g/mol. The number of nitrogens with zero attached hydrogens (tertiary/aromatic N) is 4. The molecule has 0 N–H and O–H groups in total. The average Bonchev–Trinajstić information content (AvgIpc) is 3.70. The van der Waals surface area contributed by atoms with Crippen molar-refractivity contribution in [1.82, 2.24) is 19.5 Å². The van der Waals surface area contributed by atoms with Crippen LogP contribution in [0.4, 0.5) is 0 Å². The van der Waals surface area contributed by atoms with Gasteiger partial charge < -0.3 is 14.0 Å². The summed E-state index contributed by atoms with van der Waals surface area (Å²) in [5, 5.41) is 2.63. The fourth-order valence-corrected chi connectivity index (χ4v) is 6.59. The zero-order valence-electron chi connectivity index (χ0n) is 32.9. The zero-order valence-corrected chi connectivity index (χ0v) is 30.3. The molecule has 0 bridgehead atoms. The van der Waals surface area contributed by atoms with E-state index in [9.17, 15) is 0 Å². The van der Waals surface area contributed by atoms with Gasteiger partial charge in [-0.1, -0.05) is 92.8 Å². The minimum atomic E-state index is -2.31. The van der Waals surface area contributed by atoms with Crippen LogP contribution in [0.5, 0.6) is 0 Å². The van der Waals surface area contributed by atoms with Crippen molar-refractivity contribution < 1.29 is 32.7 Å². The van der Waals surface area contributed by atoms with Gasteiger partial charge in [-0.25, -0.2) is 4.98 Å². The molecule has 0 spiro atoms. The van der Waals surface area contributed by atoms with Crippen molar-refractivity contribution in [3.63, 3.8) is 0 Å². The van der Waals surface area contributed by atoms with Gasteiger partial charge in [0.05, 0.1) is 25.0 Å². The SMILES string of the molecule is [2H]C([2H])([2H])c1c[c-]c(-c2ccc([Si](C)(C)C)cn2)cc1.[2H]C([2H])([2H])c1c[c-]c(-c2nc3ccc(C)nc3n2-c2ccccc2)c2oc3ccccc3c12.[Ir]. The van der Waals surface area contributed by atoms with Gasteiger partial charge in [-0.2, -0.15) is 0 Å². The summed E-state index contributed by atoms with van der Waals surface area (Å²) in [7, 11) is -1.34. The van der Waals surface area contributed by atoms with Crippen LogP contribution >= 0.6 is 0 Å². The minimum Gasteiger partial charge on any atom is -0.501 e. The number of aromatic nitrogens is 4. The van der Waals surface area contributed by atoms with Gasteiger partial charge in [0, 0.05) is 51.3 Å². The predicted molar refractivity (Wildman–Crippen MR) is 196 cm³/mol. The molecule has 4 aromatic carbocycles. The first kappa shape index (κ1) is 26.3. The molecule has 5 nitrogen and oxygen atoms in total. The number of rotatable bonds is 4. The van der Waals surface area contributed by atoms with E-state index in [1.807, 2.05) is 90.5 Å². The van der Waals surface area contributed by atoms with E-state index in [0.29, 0.717) is 39.2 Å². The first-order valence-corrected chi connectivity index (χ1v) is 18.9. The Bertz CT molecular complexity index is 2520. The number of furan rings is 1. The van der Waals surface area contributed by atoms with Crippen LogP contribution in [0.2, 0.25) is 19.6 Å². The van der Waals surface area contributed by atoms with Crippen LogP contribution in [-0.4, -0.2) is 27.6 Å². The monoisotopic (exact) mass is 827 g/mol. The maximum atomic E-state index is 8.07. The van der Waals surface area contributed by atoms with E-state index in [-0.39, 0.29) is 25.7 Å². The molecular formula is C41H36IrN4OSi-2. The van der Waals surface area contributed by atoms with Crippen molar-refractivity contribution in [1.29, 1.82) is 0 Å². The second-order valence-corrected chi connectivity index (χ2v) is 17.5. The molecule has 4 heterocycles. The third-order valence-corrected chi connectivity index (χ3v) is 10.1. The molecule has 7 heteroatoms. The summed E-state index contributed by atoms with van der Waals surface area (Å²) >= 11 is 0. The fraction of sp³-hybridized carbons (Fsp3) is 0.146. The van der Waals surface area contributed by atoms with Crippen molar-refractivity contribution in [3.8, 4) is 28.3 Å². The summed E-state index contributed by atoms with van der Waals surface area (Å²) in [5.74, 6) is 0.593. The van der Waals surface area contributed by atoms with E-state index in [4.69, 9.17) is 22.6 Å². The third-order valence-electron chi connectivity index (χ3n) is 8.05. The van der Waals surface area contributed by atoms with Crippen molar-refractivity contribution in [2.24, 2.45) is 0 Å². The number of para-hydroxylation sites is 2. The molecule has 0 saturated heterocycles. The molecule has 1 radical (unpaired) electrons. The fourth-order valence-electron chi connectivity index (χ4n) is 5.56. The van der Waals surface area contributed by atoms with E-state index in [1.54, 1.807) is 18.2 Å². The van der Waals surface area contributed by atoms with Gasteiger partial charge in [0.25, 0.3) is 0 Å². The van der Waals surface area contributed by atoms with Crippen LogP contribution in [0.1, 0.15) is 25.0 Å². The molecule has 241 valence electrons. The van der Waals surface area contributed by atoms with Gasteiger partial charge >= 0.3 is 0 Å². The molecule has 0 aliphatic heterocycles. The Hall–Kier alpha value is -4.68. The number of pyridine rings is 2. The molecule has 8 aromatic rings. The first-order chi connectivity index (χ1) is 25.1. The molecule has 8 rings (SSSR count). The van der Waals surface area contributed by atoms with Gasteiger partial charge in [-0.05, 0) is 48.1 Å². The quantitative estimate of drug-likeness (QED) is 0.131. The average molecular weight is 827 g/mol. The van der Waals surface area contributed by atoms with Crippen LogP contribution in [-0.2, 0) is 20.1 Å². The topological polar surface area (TPSA) is 56.7 Å². The molecule has 0 unspecified atom stereocenters. The van der Waals surface area contributed by atoms with Crippen LogP contribution < -0.4 is 5.19 Å². The summed E-state index contributed by atoms with van der Waals surface area (Å²) in [5.41, 5.74) is 7.04. The Morgan fingerprint density at radius 2 is 1.62 bits per heavy atom. The van der Waals surface area contributed by atoms with E-state index < -0.39 is 21.8 Å². The molecule has 0 aliphatic rings. The minimum absolute atomic E-state index is 0. The van der Waals surface area contributed by atoms with Gasteiger partial charge in [0.1, 0.15) is 5.58 Å². The Morgan fingerprint density at radius 3 is 2.33 bits per heavy atom. The second kappa shape index (κ2) is 13.4. The summed E-state index contributed by atoms with van der Waals surface area (Å²) in [6.07, 6.45) is 1.92. The van der Waals surface area contributed by atoms with E-state index >= 15 is 0 Å². The number of aryl methyl sites for hydroxylation is 3. The van der Waals surface area contributed by atoms with Crippen molar-refractivity contribution in [3.05, 3.63) is 138 Å².